The van der Waals surface area contributed by atoms with E-state index in [1.165, 1.54) is 0 Å². The molecular formula is C13H19N3O. The van der Waals surface area contributed by atoms with E-state index >= 15 is 0 Å². The number of nitrogens with one attached hydrogen (secondary N) is 1. The maximum atomic E-state index is 11.8. The molecule has 0 spiro atoms. The Balaban J connectivity index is 1.73. The number of carbonyl (C=O) groups is 1. The van der Waals surface area contributed by atoms with Crippen molar-refractivity contribution in [3.8, 4) is 0 Å². The minimum Gasteiger partial charge on any atom is -0.355 e. The SMILES string of the molecule is NC1CCCC1C(=O)NCCc1cccnc1. The zero-order valence-corrected chi connectivity index (χ0v) is 9.93. The van der Waals surface area contributed by atoms with Crippen LogP contribution in [0.3, 0.4) is 0 Å². The van der Waals surface area contributed by atoms with Crippen LogP contribution in [0.15, 0.2) is 24.5 Å². The molecule has 0 aromatic carbocycles. The lowest BCUT2D eigenvalue weighted by atomic mass is 10.0. The van der Waals surface area contributed by atoms with Crippen molar-refractivity contribution in [1.82, 2.24) is 10.3 Å². The van der Waals surface area contributed by atoms with Gasteiger partial charge in [-0.2, -0.15) is 0 Å². The Bertz CT molecular complexity index is 366. The van der Waals surface area contributed by atoms with Gasteiger partial charge in [-0.05, 0) is 30.9 Å². The van der Waals surface area contributed by atoms with E-state index in [0.717, 1.165) is 31.2 Å². The highest BCUT2D eigenvalue weighted by Crippen LogP contribution is 2.23. The molecule has 4 heteroatoms. The third kappa shape index (κ3) is 3.27. The first-order valence-corrected chi connectivity index (χ1v) is 6.19. The van der Waals surface area contributed by atoms with Gasteiger partial charge in [0.15, 0.2) is 0 Å². The molecule has 4 nitrogen and oxygen atoms in total. The number of pyridine rings is 1. The molecule has 1 aliphatic rings. The number of amides is 1. The second kappa shape index (κ2) is 5.77. The van der Waals surface area contributed by atoms with Gasteiger partial charge in [-0.3, -0.25) is 9.78 Å². The van der Waals surface area contributed by atoms with Crippen molar-refractivity contribution in [1.29, 1.82) is 0 Å². The lowest BCUT2D eigenvalue weighted by Gasteiger charge is -2.14. The van der Waals surface area contributed by atoms with E-state index in [-0.39, 0.29) is 17.9 Å². The van der Waals surface area contributed by atoms with Gasteiger partial charge in [0.25, 0.3) is 0 Å². The summed E-state index contributed by atoms with van der Waals surface area (Å²) in [5.74, 6) is 0.128. The predicted octanol–water partition coefficient (Wildman–Crippen LogP) is 0.868. The first-order valence-electron chi connectivity index (χ1n) is 6.19. The second-order valence-corrected chi connectivity index (χ2v) is 4.60. The minimum atomic E-state index is 0.0175. The van der Waals surface area contributed by atoms with Crippen LogP contribution >= 0.6 is 0 Å². The fourth-order valence-corrected chi connectivity index (χ4v) is 2.32. The van der Waals surface area contributed by atoms with E-state index in [2.05, 4.69) is 10.3 Å². The van der Waals surface area contributed by atoms with E-state index in [1.807, 2.05) is 18.3 Å². The summed E-state index contributed by atoms with van der Waals surface area (Å²) in [6, 6.07) is 3.97. The van der Waals surface area contributed by atoms with Crippen LogP contribution in [0.4, 0.5) is 0 Å². The second-order valence-electron chi connectivity index (χ2n) is 4.60. The molecular weight excluding hydrogens is 214 g/mol. The highest BCUT2D eigenvalue weighted by molar-refractivity contribution is 5.79. The van der Waals surface area contributed by atoms with Gasteiger partial charge in [0.05, 0.1) is 5.92 Å². The van der Waals surface area contributed by atoms with E-state index in [1.54, 1.807) is 6.20 Å². The summed E-state index contributed by atoms with van der Waals surface area (Å²) in [5, 5.41) is 2.96. The molecule has 2 rings (SSSR count). The summed E-state index contributed by atoms with van der Waals surface area (Å²) in [6.45, 7) is 0.660. The third-order valence-corrected chi connectivity index (χ3v) is 3.34. The van der Waals surface area contributed by atoms with Crippen molar-refractivity contribution < 1.29 is 4.79 Å². The van der Waals surface area contributed by atoms with Crippen LogP contribution in [-0.2, 0) is 11.2 Å². The minimum absolute atomic E-state index is 0.0175. The van der Waals surface area contributed by atoms with Gasteiger partial charge in [0.2, 0.25) is 5.91 Å². The third-order valence-electron chi connectivity index (χ3n) is 3.34. The molecule has 1 aromatic rings. The first-order chi connectivity index (χ1) is 8.27. The molecule has 1 heterocycles. The highest BCUT2D eigenvalue weighted by atomic mass is 16.1. The Morgan fingerprint density at radius 3 is 3.06 bits per heavy atom. The topological polar surface area (TPSA) is 68.0 Å². The fraction of sp³-hybridized carbons (Fsp3) is 0.538. The van der Waals surface area contributed by atoms with Crippen LogP contribution in [-0.4, -0.2) is 23.5 Å². The predicted molar refractivity (Wildman–Crippen MR) is 66.3 cm³/mol. The fourth-order valence-electron chi connectivity index (χ4n) is 2.32. The lowest BCUT2D eigenvalue weighted by molar-refractivity contribution is -0.125. The summed E-state index contributed by atoms with van der Waals surface area (Å²) in [6.07, 6.45) is 7.37. The molecule has 0 bridgehead atoms. The largest absolute Gasteiger partial charge is 0.355 e. The van der Waals surface area contributed by atoms with E-state index < -0.39 is 0 Å². The Morgan fingerprint density at radius 2 is 2.41 bits per heavy atom. The molecule has 2 unspecified atom stereocenters. The molecule has 0 radical (unpaired) electrons. The number of aromatic nitrogens is 1. The van der Waals surface area contributed by atoms with Gasteiger partial charge in [-0.15, -0.1) is 0 Å². The molecule has 3 N–H and O–H groups in total. The smallest absolute Gasteiger partial charge is 0.224 e. The van der Waals surface area contributed by atoms with Crippen LogP contribution in [0.1, 0.15) is 24.8 Å². The van der Waals surface area contributed by atoms with E-state index in [9.17, 15) is 4.79 Å². The van der Waals surface area contributed by atoms with Crippen LogP contribution < -0.4 is 11.1 Å². The van der Waals surface area contributed by atoms with Gasteiger partial charge in [-0.25, -0.2) is 0 Å². The van der Waals surface area contributed by atoms with Gasteiger partial charge in [-0.1, -0.05) is 12.5 Å². The maximum Gasteiger partial charge on any atom is 0.224 e. The van der Waals surface area contributed by atoms with Crippen molar-refractivity contribution in [2.24, 2.45) is 11.7 Å². The highest BCUT2D eigenvalue weighted by Gasteiger charge is 2.29. The summed E-state index contributed by atoms with van der Waals surface area (Å²) >= 11 is 0. The molecule has 1 saturated carbocycles. The molecule has 1 fully saturated rings. The molecule has 1 aliphatic carbocycles. The zero-order chi connectivity index (χ0) is 12.1. The number of hydrogen-bond acceptors (Lipinski definition) is 3. The zero-order valence-electron chi connectivity index (χ0n) is 9.93. The number of nitrogens with two attached hydrogens (primary N) is 1. The standard InChI is InChI=1S/C13H19N3O/c14-12-5-1-4-11(12)13(17)16-8-6-10-3-2-7-15-9-10/h2-3,7,9,11-12H,1,4-6,8,14H2,(H,16,17). The quantitative estimate of drug-likeness (QED) is 0.810. The molecule has 1 aromatic heterocycles. The Labute approximate surface area is 102 Å². The summed E-state index contributed by atoms with van der Waals surface area (Å²) in [7, 11) is 0. The Kier molecular flexibility index (Phi) is 4.09. The summed E-state index contributed by atoms with van der Waals surface area (Å²) in [4.78, 5) is 15.9. The molecule has 92 valence electrons. The molecule has 17 heavy (non-hydrogen) atoms. The molecule has 0 saturated heterocycles. The first kappa shape index (κ1) is 12.0. The maximum absolute atomic E-state index is 11.8. The number of nitrogens with zero attached hydrogens (tertiary/aromatic N) is 1. The monoisotopic (exact) mass is 233 g/mol. The number of carbonyl (C=O) groups excluding carboxylic acids is 1. The Morgan fingerprint density at radius 1 is 1.53 bits per heavy atom. The van der Waals surface area contributed by atoms with E-state index in [0.29, 0.717) is 6.54 Å². The van der Waals surface area contributed by atoms with Crippen LogP contribution in [0.5, 0.6) is 0 Å². The van der Waals surface area contributed by atoms with Crippen LogP contribution in [0.2, 0.25) is 0 Å². The lowest BCUT2D eigenvalue weighted by Crippen LogP contribution is -2.39. The normalized spacial score (nSPS) is 23.6. The molecule has 1 amide bonds. The Hall–Kier alpha value is -1.42. The summed E-state index contributed by atoms with van der Waals surface area (Å²) < 4.78 is 0. The number of rotatable bonds is 4. The van der Waals surface area contributed by atoms with Crippen molar-refractivity contribution in [2.75, 3.05) is 6.54 Å². The van der Waals surface area contributed by atoms with Gasteiger partial charge in [0, 0.05) is 25.0 Å². The van der Waals surface area contributed by atoms with Crippen LogP contribution in [0, 0.1) is 5.92 Å². The summed E-state index contributed by atoms with van der Waals surface area (Å²) in [5.41, 5.74) is 7.03. The van der Waals surface area contributed by atoms with Gasteiger partial charge in [0.1, 0.15) is 0 Å². The van der Waals surface area contributed by atoms with Crippen molar-refractivity contribution in [3.63, 3.8) is 0 Å². The van der Waals surface area contributed by atoms with Crippen molar-refractivity contribution >= 4 is 5.91 Å². The molecule has 2 atom stereocenters. The average Bonchev–Trinajstić information content (AvgIpc) is 2.77. The van der Waals surface area contributed by atoms with E-state index in [4.69, 9.17) is 5.73 Å². The van der Waals surface area contributed by atoms with Crippen molar-refractivity contribution in [3.05, 3.63) is 30.1 Å². The van der Waals surface area contributed by atoms with Gasteiger partial charge < -0.3 is 11.1 Å². The molecule has 0 aliphatic heterocycles. The van der Waals surface area contributed by atoms with Crippen LogP contribution in [0.25, 0.3) is 0 Å². The number of hydrogen-bond donors (Lipinski definition) is 2. The average molecular weight is 233 g/mol. The van der Waals surface area contributed by atoms with Crippen molar-refractivity contribution in [2.45, 2.75) is 31.7 Å². The van der Waals surface area contributed by atoms with Gasteiger partial charge >= 0.3 is 0 Å².